The summed E-state index contributed by atoms with van der Waals surface area (Å²) in [4.78, 5) is 11.7. The molecule has 0 fully saturated rings. The highest BCUT2D eigenvalue weighted by Gasteiger charge is 2.08. The van der Waals surface area contributed by atoms with Crippen LogP contribution in [0.1, 0.15) is 24.2 Å². The average Bonchev–Trinajstić information content (AvgIpc) is 2.16. The van der Waals surface area contributed by atoms with E-state index in [1.54, 1.807) is 31.4 Å². The highest BCUT2D eigenvalue weighted by molar-refractivity contribution is 6.34. The van der Waals surface area contributed by atoms with Gasteiger partial charge in [0.05, 0.1) is 12.1 Å². The molecule has 0 bridgehead atoms. The summed E-state index contributed by atoms with van der Waals surface area (Å²) in [5, 5.41) is 0.414. The first-order valence-corrected chi connectivity index (χ1v) is 4.95. The van der Waals surface area contributed by atoms with Crippen molar-refractivity contribution in [2.24, 2.45) is 0 Å². The van der Waals surface area contributed by atoms with Crippen molar-refractivity contribution in [1.29, 1.82) is 0 Å². The smallest absolute Gasteiger partial charge is 0.187 e. The van der Waals surface area contributed by atoms with Gasteiger partial charge < -0.3 is 4.74 Å². The van der Waals surface area contributed by atoms with E-state index in [4.69, 9.17) is 16.3 Å². The van der Waals surface area contributed by atoms with Gasteiger partial charge in [0.1, 0.15) is 5.75 Å². The van der Waals surface area contributed by atoms with Crippen LogP contribution in [0, 0.1) is 0 Å². The molecule has 1 aromatic rings. The van der Waals surface area contributed by atoms with E-state index in [1.807, 2.05) is 13.8 Å². The van der Waals surface area contributed by atoms with Crippen LogP contribution < -0.4 is 4.74 Å². The minimum atomic E-state index is -0.0809. The Bertz CT molecular complexity index is 404. The van der Waals surface area contributed by atoms with Gasteiger partial charge in [0.15, 0.2) is 5.78 Å². The molecule has 0 N–H and O–H groups in total. The Morgan fingerprint density at radius 2 is 2.07 bits per heavy atom. The Hall–Kier alpha value is -1.28. The lowest BCUT2D eigenvalue weighted by Crippen LogP contribution is -1.96. The molecule has 15 heavy (non-hydrogen) atoms. The number of halogens is 1. The third-order valence-electron chi connectivity index (χ3n) is 1.86. The Morgan fingerprint density at radius 3 is 2.53 bits per heavy atom. The van der Waals surface area contributed by atoms with Crippen LogP contribution in [-0.4, -0.2) is 12.9 Å². The lowest BCUT2D eigenvalue weighted by atomic mass is 10.1. The maximum atomic E-state index is 11.7. The largest absolute Gasteiger partial charge is 0.497 e. The van der Waals surface area contributed by atoms with E-state index in [0.717, 1.165) is 5.57 Å². The number of benzene rings is 1. The zero-order chi connectivity index (χ0) is 11.4. The minimum Gasteiger partial charge on any atom is -0.497 e. The highest BCUT2D eigenvalue weighted by Crippen LogP contribution is 2.23. The maximum absolute atomic E-state index is 11.7. The van der Waals surface area contributed by atoms with Gasteiger partial charge in [-0.3, -0.25) is 4.79 Å². The lowest BCUT2D eigenvalue weighted by molar-refractivity contribution is 0.104. The predicted molar refractivity (Wildman–Crippen MR) is 61.8 cm³/mol. The molecule has 0 radical (unpaired) electrons. The van der Waals surface area contributed by atoms with Crippen molar-refractivity contribution in [3.63, 3.8) is 0 Å². The van der Waals surface area contributed by atoms with Crippen molar-refractivity contribution in [3.8, 4) is 5.75 Å². The van der Waals surface area contributed by atoms with Crippen molar-refractivity contribution in [3.05, 3.63) is 40.4 Å². The summed E-state index contributed by atoms with van der Waals surface area (Å²) < 4.78 is 5.00. The molecule has 0 aromatic heterocycles. The van der Waals surface area contributed by atoms with Gasteiger partial charge in [-0.25, -0.2) is 0 Å². The number of hydrogen-bond donors (Lipinski definition) is 0. The Labute approximate surface area is 94.5 Å². The van der Waals surface area contributed by atoms with Crippen LogP contribution in [0.5, 0.6) is 5.75 Å². The van der Waals surface area contributed by atoms with Crippen molar-refractivity contribution in [2.45, 2.75) is 13.8 Å². The monoisotopic (exact) mass is 224 g/mol. The van der Waals surface area contributed by atoms with Gasteiger partial charge in [-0.15, -0.1) is 0 Å². The molecule has 0 atom stereocenters. The first-order chi connectivity index (χ1) is 7.04. The first-order valence-electron chi connectivity index (χ1n) is 4.57. The zero-order valence-electron chi connectivity index (χ0n) is 9.00. The molecule has 0 heterocycles. The van der Waals surface area contributed by atoms with Crippen molar-refractivity contribution in [1.82, 2.24) is 0 Å². The normalized spacial score (nSPS) is 9.60. The van der Waals surface area contributed by atoms with Crippen LogP contribution in [0.3, 0.4) is 0 Å². The van der Waals surface area contributed by atoms with E-state index in [-0.39, 0.29) is 5.78 Å². The second-order valence-corrected chi connectivity index (χ2v) is 3.84. The maximum Gasteiger partial charge on any atom is 0.187 e. The molecule has 3 heteroatoms. The fraction of sp³-hybridized carbons (Fsp3) is 0.250. The van der Waals surface area contributed by atoms with Gasteiger partial charge in [0.2, 0.25) is 0 Å². The number of ketones is 1. The third-order valence-corrected chi connectivity index (χ3v) is 2.17. The molecule has 1 rings (SSSR count). The summed E-state index contributed by atoms with van der Waals surface area (Å²) in [6.45, 7) is 3.74. The summed E-state index contributed by atoms with van der Waals surface area (Å²) in [6.07, 6.45) is 1.56. The van der Waals surface area contributed by atoms with Crippen LogP contribution in [0.2, 0.25) is 5.02 Å². The number of allylic oxidation sites excluding steroid dienone is 2. The zero-order valence-corrected chi connectivity index (χ0v) is 9.76. The van der Waals surface area contributed by atoms with Gasteiger partial charge in [-0.1, -0.05) is 17.2 Å². The van der Waals surface area contributed by atoms with Gasteiger partial charge in [0, 0.05) is 5.56 Å². The standard InChI is InChI=1S/C12H13ClO2/c1-8(2)6-12(14)10-5-4-9(15-3)7-11(10)13/h4-7H,1-3H3. The molecule has 0 unspecified atom stereocenters. The topological polar surface area (TPSA) is 26.3 Å². The SMILES string of the molecule is COc1ccc(C(=O)C=C(C)C)c(Cl)c1. The fourth-order valence-electron chi connectivity index (χ4n) is 1.16. The van der Waals surface area contributed by atoms with Crippen LogP contribution in [-0.2, 0) is 0 Å². The van der Waals surface area contributed by atoms with Crippen molar-refractivity contribution >= 4 is 17.4 Å². The molecule has 0 aliphatic heterocycles. The molecule has 0 saturated heterocycles. The molecular weight excluding hydrogens is 212 g/mol. The van der Waals surface area contributed by atoms with Crippen LogP contribution in [0.15, 0.2) is 29.8 Å². The van der Waals surface area contributed by atoms with E-state index >= 15 is 0 Å². The number of ether oxygens (including phenoxy) is 1. The Kier molecular flexibility index (Phi) is 3.92. The third kappa shape index (κ3) is 3.10. The number of hydrogen-bond acceptors (Lipinski definition) is 2. The predicted octanol–water partition coefficient (Wildman–Crippen LogP) is 3.50. The van der Waals surface area contributed by atoms with Crippen molar-refractivity contribution in [2.75, 3.05) is 7.11 Å². The first kappa shape index (κ1) is 11.8. The quantitative estimate of drug-likeness (QED) is 0.580. The molecule has 0 aliphatic rings. The van der Waals surface area contributed by atoms with Crippen LogP contribution >= 0.6 is 11.6 Å². The molecule has 2 nitrogen and oxygen atoms in total. The highest BCUT2D eigenvalue weighted by atomic mass is 35.5. The minimum absolute atomic E-state index is 0.0809. The fourth-order valence-corrected chi connectivity index (χ4v) is 1.43. The molecule has 80 valence electrons. The van der Waals surface area contributed by atoms with Crippen LogP contribution in [0.25, 0.3) is 0 Å². The van der Waals surface area contributed by atoms with E-state index in [0.29, 0.717) is 16.3 Å². The Morgan fingerprint density at radius 1 is 1.40 bits per heavy atom. The second kappa shape index (κ2) is 4.99. The molecule has 0 spiro atoms. The van der Waals surface area contributed by atoms with Crippen molar-refractivity contribution < 1.29 is 9.53 Å². The summed E-state index contributed by atoms with van der Waals surface area (Å²) in [6, 6.07) is 5.02. The number of carbonyl (C=O) groups excluding carboxylic acids is 1. The Balaban J connectivity index is 3.06. The molecule has 0 saturated carbocycles. The summed E-state index contributed by atoms with van der Waals surface area (Å²) >= 11 is 5.96. The van der Waals surface area contributed by atoms with Gasteiger partial charge >= 0.3 is 0 Å². The average molecular weight is 225 g/mol. The van der Waals surface area contributed by atoms with E-state index < -0.39 is 0 Å². The number of rotatable bonds is 3. The van der Waals surface area contributed by atoms with Gasteiger partial charge in [-0.05, 0) is 38.1 Å². The molecule has 0 aliphatic carbocycles. The van der Waals surface area contributed by atoms with Gasteiger partial charge in [0.25, 0.3) is 0 Å². The summed E-state index contributed by atoms with van der Waals surface area (Å²) in [7, 11) is 1.56. The van der Waals surface area contributed by atoms with E-state index in [2.05, 4.69) is 0 Å². The van der Waals surface area contributed by atoms with Gasteiger partial charge in [-0.2, -0.15) is 0 Å². The van der Waals surface area contributed by atoms with E-state index in [9.17, 15) is 4.79 Å². The second-order valence-electron chi connectivity index (χ2n) is 3.43. The number of methoxy groups -OCH3 is 1. The van der Waals surface area contributed by atoms with Crippen LogP contribution in [0.4, 0.5) is 0 Å². The van der Waals surface area contributed by atoms with E-state index in [1.165, 1.54) is 0 Å². The lowest BCUT2D eigenvalue weighted by Gasteiger charge is -2.03. The summed E-state index contributed by atoms with van der Waals surface area (Å²) in [5.74, 6) is 0.566. The summed E-state index contributed by atoms with van der Waals surface area (Å²) in [5.41, 5.74) is 1.45. The number of carbonyl (C=O) groups is 1. The molecular formula is C12H13ClO2. The molecule has 0 amide bonds. The molecule has 1 aromatic carbocycles.